The van der Waals surface area contributed by atoms with E-state index in [1.807, 2.05) is 36.4 Å². The van der Waals surface area contributed by atoms with Crippen LogP contribution < -0.4 is 5.32 Å². The molecule has 1 unspecified atom stereocenters. The van der Waals surface area contributed by atoms with E-state index in [1.165, 1.54) is 0 Å². The molecule has 0 bridgehead atoms. The SMILES string of the molecule is CCCCOC1=CC(=[N+]=[N-])C(OCCCC)C=C1NCCOCc1ccccc1. The summed E-state index contributed by atoms with van der Waals surface area (Å²) in [7, 11) is 0. The van der Waals surface area contributed by atoms with Crippen LogP contribution in [-0.4, -0.2) is 43.0 Å². The summed E-state index contributed by atoms with van der Waals surface area (Å²) < 4.78 is 17.5. The van der Waals surface area contributed by atoms with E-state index in [0.717, 1.165) is 36.9 Å². The highest BCUT2D eigenvalue weighted by atomic mass is 16.5. The summed E-state index contributed by atoms with van der Waals surface area (Å²) in [5.74, 6) is 0.671. The second-order valence-electron chi connectivity index (χ2n) is 6.93. The van der Waals surface area contributed by atoms with Gasteiger partial charge in [-0.3, -0.25) is 0 Å². The first-order chi connectivity index (χ1) is 14.3. The molecule has 6 heteroatoms. The summed E-state index contributed by atoms with van der Waals surface area (Å²) in [5, 5.41) is 3.38. The third-order valence-electron chi connectivity index (χ3n) is 4.49. The van der Waals surface area contributed by atoms with Gasteiger partial charge < -0.3 is 25.1 Å². The van der Waals surface area contributed by atoms with Crippen LogP contribution in [0, 0.1) is 0 Å². The Balaban J connectivity index is 1.92. The number of nitrogens with zero attached hydrogens (tertiary/aromatic N) is 2. The van der Waals surface area contributed by atoms with E-state index in [1.54, 1.807) is 6.08 Å². The largest absolute Gasteiger partial charge is 0.491 e. The van der Waals surface area contributed by atoms with Crippen molar-refractivity contribution in [3.63, 3.8) is 0 Å². The highest BCUT2D eigenvalue weighted by Crippen LogP contribution is 2.19. The van der Waals surface area contributed by atoms with Gasteiger partial charge in [-0.15, -0.1) is 0 Å². The van der Waals surface area contributed by atoms with Crippen molar-refractivity contribution in [3.05, 3.63) is 65.0 Å². The lowest BCUT2D eigenvalue weighted by Gasteiger charge is -2.21. The molecule has 0 aliphatic heterocycles. The van der Waals surface area contributed by atoms with Gasteiger partial charge in [-0.05, 0) is 24.5 Å². The molecule has 2 rings (SSSR count). The second-order valence-corrected chi connectivity index (χ2v) is 6.93. The predicted octanol–water partition coefficient (Wildman–Crippen LogP) is 4.25. The van der Waals surface area contributed by atoms with Crippen LogP contribution >= 0.6 is 0 Å². The fourth-order valence-corrected chi connectivity index (χ4v) is 2.80. The maximum absolute atomic E-state index is 9.39. The van der Waals surface area contributed by atoms with Gasteiger partial charge in [-0.2, -0.15) is 4.79 Å². The standard InChI is InChI=1S/C23H33N3O3/c1-3-5-13-28-22-17-21(26-24)23(29-14-6-4-2)16-20(22)25-12-15-27-18-19-10-8-7-9-11-19/h7-11,16-17,23,25H,3-6,12-15,18H2,1-2H3. The second kappa shape index (κ2) is 13.7. The van der Waals surface area contributed by atoms with E-state index in [4.69, 9.17) is 14.2 Å². The molecule has 0 spiro atoms. The van der Waals surface area contributed by atoms with E-state index in [-0.39, 0.29) is 0 Å². The van der Waals surface area contributed by atoms with Crippen LogP contribution in [0.2, 0.25) is 0 Å². The first kappa shape index (κ1) is 22.9. The molecule has 1 atom stereocenters. The molecule has 158 valence electrons. The number of hydrogen-bond acceptors (Lipinski definition) is 4. The third-order valence-corrected chi connectivity index (χ3v) is 4.49. The lowest BCUT2D eigenvalue weighted by Crippen LogP contribution is -2.31. The van der Waals surface area contributed by atoms with Gasteiger partial charge in [0.15, 0.2) is 6.10 Å². The molecule has 0 fully saturated rings. The average molecular weight is 400 g/mol. The molecule has 0 radical (unpaired) electrons. The van der Waals surface area contributed by atoms with Gasteiger partial charge in [0, 0.05) is 13.2 Å². The van der Waals surface area contributed by atoms with E-state index >= 15 is 0 Å². The fourth-order valence-electron chi connectivity index (χ4n) is 2.80. The third kappa shape index (κ3) is 8.24. The Morgan fingerprint density at radius 3 is 2.52 bits per heavy atom. The van der Waals surface area contributed by atoms with Crippen molar-refractivity contribution < 1.29 is 19.0 Å². The monoisotopic (exact) mass is 399 g/mol. The van der Waals surface area contributed by atoms with E-state index in [0.29, 0.717) is 44.4 Å². The number of hydrogen-bond donors (Lipinski definition) is 1. The summed E-state index contributed by atoms with van der Waals surface area (Å²) in [6, 6.07) is 10.1. The molecular weight excluding hydrogens is 366 g/mol. The van der Waals surface area contributed by atoms with Gasteiger partial charge in [0.2, 0.25) is 0 Å². The maximum atomic E-state index is 9.39. The van der Waals surface area contributed by atoms with Crippen LogP contribution in [0.15, 0.2) is 53.9 Å². The molecule has 0 aromatic heterocycles. The minimum atomic E-state index is -0.391. The van der Waals surface area contributed by atoms with Crippen molar-refractivity contribution in [2.24, 2.45) is 0 Å². The predicted molar refractivity (Wildman–Crippen MR) is 114 cm³/mol. The van der Waals surface area contributed by atoms with Crippen molar-refractivity contribution in [2.45, 2.75) is 52.2 Å². The molecule has 29 heavy (non-hydrogen) atoms. The van der Waals surface area contributed by atoms with Crippen LogP contribution in [0.1, 0.15) is 45.1 Å². The van der Waals surface area contributed by atoms with Gasteiger partial charge in [0.25, 0.3) is 0 Å². The quantitative estimate of drug-likeness (QED) is 0.288. The zero-order valence-electron chi connectivity index (χ0n) is 17.6. The Hall–Kier alpha value is -2.40. The molecule has 1 aliphatic carbocycles. The Morgan fingerprint density at radius 1 is 1.03 bits per heavy atom. The van der Waals surface area contributed by atoms with Gasteiger partial charge in [0.1, 0.15) is 5.76 Å². The summed E-state index contributed by atoms with van der Waals surface area (Å²) in [6.45, 7) is 7.26. The fraction of sp³-hybridized carbons (Fsp3) is 0.522. The van der Waals surface area contributed by atoms with Crippen LogP contribution in [0.5, 0.6) is 0 Å². The van der Waals surface area contributed by atoms with Crippen LogP contribution in [0.25, 0.3) is 5.53 Å². The molecule has 6 nitrogen and oxygen atoms in total. The van der Waals surface area contributed by atoms with Crippen molar-refractivity contribution in [3.8, 4) is 0 Å². The van der Waals surface area contributed by atoms with E-state index in [2.05, 4.69) is 24.0 Å². The topological polar surface area (TPSA) is 76.1 Å². The minimum absolute atomic E-state index is 0.391. The molecule has 0 heterocycles. The maximum Gasteiger partial charge on any atom is 0.328 e. The van der Waals surface area contributed by atoms with E-state index < -0.39 is 6.10 Å². The van der Waals surface area contributed by atoms with Gasteiger partial charge >= 0.3 is 5.71 Å². The van der Waals surface area contributed by atoms with Gasteiger partial charge in [-0.1, -0.05) is 57.0 Å². The average Bonchev–Trinajstić information content (AvgIpc) is 2.75. The number of rotatable bonds is 14. The molecule has 1 aromatic rings. The lowest BCUT2D eigenvalue weighted by molar-refractivity contribution is -0.0235. The molecule has 0 saturated heterocycles. The first-order valence-corrected chi connectivity index (χ1v) is 10.5. The zero-order valence-corrected chi connectivity index (χ0v) is 17.6. The first-order valence-electron chi connectivity index (χ1n) is 10.5. The summed E-state index contributed by atoms with van der Waals surface area (Å²) >= 11 is 0. The van der Waals surface area contributed by atoms with Crippen LogP contribution in [-0.2, 0) is 20.8 Å². The van der Waals surface area contributed by atoms with Gasteiger partial charge in [0.05, 0.1) is 31.6 Å². The molecule has 1 N–H and O–H groups in total. The van der Waals surface area contributed by atoms with Crippen molar-refractivity contribution >= 4 is 5.71 Å². The highest BCUT2D eigenvalue weighted by molar-refractivity contribution is 5.97. The Morgan fingerprint density at radius 2 is 1.79 bits per heavy atom. The Labute approximate surface area is 174 Å². The van der Waals surface area contributed by atoms with Gasteiger partial charge in [-0.25, -0.2) is 0 Å². The van der Waals surface area contributed by atoms with Crippen LogP contribution in [0.3, 0.4) is 0 Å². The summed E-state index contributed by atoms with van der Waals surface area (Å²) in [4.78, 5) is 3.40. The van der Waals surface area contributed by atoms with E-state index in [9.17, 15) is 5.53 Å². The lowest BCUT2D eigenvalue weighted by atomic mass is 10.1. The van der Waals surface area contributed by atoms with Crippen molar-refractivity contribution in [1.82, 2.24) is 5.32 Å². The normalized spacial score (nSPS) is 16.1. The number of benzene rings is 1. The summed E-state index contributed by atoms with van der Waals surface area (Å²) in [6.07, 6.45) is 7.31. The minimum Gasteiger partial charge on any atom is -0.491 e. The van der Waals surface area contributed by atoms with Crippen molar-refractivity contribution in [1.29, 1.82) is 0 Å². The van der Waals surface area contributed by atoms with Crippen LogP contribution in [0.4, 0.5) is 0 Å². The zero-order chi connectivity index (χ0) is 20.7. The molecule has 0 saturated carbocycles. The summed E-state index contributed by atoms with van der Waals surface area (Å²) in [5.41, 5.74) is 11.8. The highest BCUT2D eigenvalue weighted by Gasteiger charge is 2.28. The molecular formula is C23H33N3O3. The van der Waals surface area contributed by atoms with Crippen molar-refractivity contribution in [2.75, 3.05) is 26.4 Å². The molecule has 1 aliphatic rings. The smallest absolute Gasteiger partial charge is 0.328 e. The number of unbranched alkanes of at least 4 members (excludes halogenated alkanes) is 2. The number of ether oxygens (including phenoxy) is 3. The Bertz CT molecular complexity index is 709. The molecule has 0 amide bonds. The molecule has 1 aromatic carbocycles. The Kier molecular flexibility index (Phi) is 10.8. The number of nitrogens with one attached hydrogen (secondary N) is 1.